The monoisotopic (exact) mass is 191 g/mol. The second-order valence-corrected chi connectivity index (χ2v) is 3.85. The number of hydrogen-bond donors (Lipinski definition) is 2. The van der Waals surface area contributed by atoms with Gasteiger partial charge >= 0.3 is 0 Å². The lowest BCUT2D eigenvalue weighted by Crippen LogP contribution is -2.32. The van der Waals surface area contributed by atoms with Crippen LogP contribution in [-0.4, -0.2) is 18.7 Å². The van der Waals surface area contributed by atoms with Gasteiger partial charge in [-0.2, -0.15) is 0 Å². The summed E-state index contributed by atoms with van der Waals surface area (Å²) in [5.41, 5.74) is 0.0361. The van der Waals surface area contributed by atoms with Crippen LogP contribution in [0.1, 0.15) is 33.6 Å². The summed E-state index contributed by atoms with van der Waals surface area (Å²) in [6, 6.07) is 0. The van der Waals surface area contributed by atoms with Crippen LogP contribution in [0.25, 0.3) is 0 Å². The van der Waals surface area contributed by atoms with Gasteiger partial charge in [0, 0.05) is 0 Å². The number of nitrogens with one attached hydrogen (secondary N) is 1. The second kappa shape index (κ2) is 6.75. The highest BCUT2D eigenvalue weighted by atomic mass is 32.1. The van der Waals surface area contributed by atoms with Gasteiger partial charge < -0.3 is 4.74 Å². The molecule has 2 atom stereocenters. The average Bonchev–Trinajstić information content (AvgIpc) is 2.03. The van der Waals surface area contributed by atoms with Crippen molar-refractivity contribution >= 4 is 12.6 Å². The Labute approximate surface area is 81.5 Å². The van der Waals surface area contributed by atoms with Crippen molar-refractivity contribution in [2.45, 2.75) is 45.3 Å². The van der Waals surface area contributed by atoms with Crippen LogP contribution in [0.2, 0.25) is 0 Å². The largest absolute Gasteiger partial charge is 0.350 e. The SMILES string of the molecule is CCCC(NC)OC(S)C(C)C. The molecule has 74 valence electrons. The lowest BCUT2D eigenvalue weighted by atomic mass is 10.2. The Hall–Kier alpha value is 0.270. The number of rotatable bonds is 6. The first-order chi connectivity index (χ1) is 5.61. The molecule has 0 saturated heterocycles. The van der Waals surface area contributed by atoms with Crippen LogP contribution in [0.5, 0.6) is 0 Å². The molecule has 0 aliphatic heterocycles. The number of ether oxygens (including phenoxy) is 1. The van der Waals surface area contributed by atoms with Gasteiger partial charge in [-0.25, -0.2) is 0 Å². The first-order valence-electron chi connectivity index (χ1n) is 4.62. The van der Waals surface area contributed by atoms with Gasteiger partial charge in [-0.15, -0.1) is 12.6 Å². The molecule has 0 amide bonds. The Morgan fingerprint density at radius 2 is 2.00 bits per heavy atom. The smallest absolute Gasteiger partial charge is 0.109 e. The Balaban J connectivity index is 3.68. The molecule has 0 heterocycles. The molecule has 0 aromatic carbocycles. The molecule has 0 spiro atoms. The van der Waals surface area contributed by atoms with E-state index in [1.54, 1.807) is 0 Å². The van der Waals surface area contributed by atoms with Crippen molar-refractivity contribution < 1.29 is 4.74 Å². The number of hydrogen-bond acceptors (Lipinski definition) is 3. The van der Waals surface area contributed by atoms with Crippen molar-refractivity contribution in [3.63, 3.8) is 0 Å². The van der Waals surface area contributed by atoms with E-state index in [0.717, 1.165) is 12.8 Å². The van der Waals surface area contributed by atoms with E-state index in [0.29, 0.717) is 5.92 Å². The summed E-state index contributed by atoms with van der Waals surface area (Å²) >= 11 is 4.35. The molecule has 3 heteroatoms. The highest BCUT2D eigenvalue weighted by Crippen LogP contribution is 2.13. The van der Waals surface area contributed by atoms with Crippen molar-refractivity contribution in [1.29, 1.82) is 0 Å². The minimum absolute atomic E-state index is 0.0361. The molecule has 0 aromatic heterocycles. The molecule has 0 radical (unpaired) electrons. The van der Waals surface area contributed by atoms with Gasteiger partial charge in [-0.05, 0) is 19.4 Å². The van der Waals surface area contributed by atoms with Crippen molar-refractivity contribution in [1.82, 2.24) is 5.32 Å². The van der Waals surface area contributed by atoms with Gasteiger partial charge in [-0.1, -0.05) is 27.2 Å². The summed E-state index contributed by atoms with van der Waals surface area (Å²) in [6.07, 6.45) is 2.32. The van der Waals surface area contributed by atoms with Gasteiger partial charge in [0.15, 0.2) is 0 Å². The molecule has 0 saturated carbocycles. The van der Waals surface area contributed by atoms with E-state index in [2.05, 4.69) is 38.7 Å². The molecule has 12 heavy (non-hydrogen) atoms. The molecule has 1 N–H and O–H groups in total. The van der Waals surface area contributed by atoms with E-state index < -0.39 is 0 Å². The van der Waals surface area contributed by atoms with E-state index in [4.69, 9.17) is 4.74 Å². The fraction of sp³-hybridized carbons (Fsp3) is 1.00. The molecule has 0 bridgehead atoms. The van der Waals surface area contributed by atoms with Crippen LogP contribution in [0.4, 0.5) is 0 Å². The molecule has 0 aliphatic carbocycles. The maximum Gasteiger partial charge on any atom is 0.109 e. The van der Waals surface area contributed by atoms with Crippen LogP contribution < -0.4 is 5.32 Å². The predicted octanol–water partition coefficient (Wildman–Crippen LogP) is 2.26. The summed E-state index contributed by atoms with van der Waals surface area (Å²) in [5.74, 6) is 0.459. The fourth-order valence-electron chi connectivity index (χ4n) is 0.868. The summed E-state index contributed by atoms with van der Waals surface area (Å²) < 4.78 is 5.65. The molecule has 0 fully saturated rings. The number of thiol groups is 1. The summed E-state index contributed by atoms with van der Waals surface area (Å²) in [5, 5.41) is 3.12. The van der Waals surface area contributed by atoms with Crippen molar-refractivity contribution in [3.05, 3.63) is 0 Å². The lowest BCUT2D eigenvalue weighted by molar-refractivity contribution is -0.00497. The minimum atomic E-state index is 0.0361. The topological polar surface area (TPSA) is 21.3 Å². The zero-order valence-electron chi connectivity index (χ0n) is 8.50. The van der Waals surface area contributed by atoms with E-state index in [9.17, 15) is 0 Å². The zero-order valence-corrected chi connectivity index (χ0v) is 9.40. The van der Waals surface area contributed by atoms with Gasteiger partial charge in [-0.3, -0.25) is 5.32 Å². The van der Waals surface area contributed by atoms with Gasteiger partial charge in [0.25, 0.3) is 0 Å². The van der Waals surface area contributed by atoms with Crippen LogP contribution in [0.3, 0.4) is 0 Å². The van der Waals surface area contributed by atoms with Crippen molar-refractivity contribution in [2.24, 2.45) is 5.92 Å². The molecule has 0 rings (SSSR count). The van der Waals surface area contributed by atoms with E-state index >= 15 is 0 Å². The van der Waals surface area contributed by atoms with E-state index in [-0.39, 0.29) is 11.7 Å². The quantitative estimate of drug-likeness (QED) is 0.496. The van der Waals surface area contributed by atoms with Gasteiger partial charge in [0.1, 0.15) is 11.7 Å². The Bertz CT molecular complexity index is 109. The summed E-state index contributed by atoms with van der Waals surface area (Å²) in [7, 11) is 1.92. The summed E-state index contributed by atoms with van der Waals surface area (Å²) in [6.45, 7) is 6.36. The van der Waals surface area contributed by atoms with Crippen LogP contribution in [0.15, 0.2) is 0 Å². The van der Waals surface area contributed by atoms with Crippen LogP contribution >= 0.6 is 12.6 Å². The average molecular weight is 191 g/mol. The molecular formula is C9H21NOS. The molecule has 0 aliphatic rings. The summed E-state index contributed by atoms with van der Waals surface area (Å²) in [4.78, 5) is 0. The molecular weight excluding hydrogens is 170 g/mol. The van der Waals surface area contributed by atoms with Gasteiger partial charge in [0.2, 0.25) is 0 Å². The minimum Gasteiger partial charge on any atom is -0.350 e. The predicted molar refractivity (Wildman–Crippen MR) is 56.5 cm³/mol. The Morgan fingerprint density at radius 1 is 1.42 bits per heavy atom. The van der Waals surface area contributed by atoms with Crippen molar-refractivity contribution in [2.75, 3.05) is 7.05 Å². The Morgan fingerprint density at radius 3 is 2.33 bits per heavy atom. The normalized spacial score (nSPS) is 16.5. The van der Waals surface area contributed by atoms with E-state index in [1.807, 2.05) is 7.05 Å². The highest BCUT2D eigenvalue weighted by Gasteiger charge is 2.13. The van der Waals surface area contributed by atoms with Crippen LogP contribution in [-0.2, 0) is 4.74 Å². The van der Waals surface area contributed by atoms with Gasteiger partial charge in [0.05, 0.1) is 0 Å². The van der Waals surface area contributed by atoms with Crippen LogP contribution in [0, 0.1) is 5.92 Å². The maximum atomic E-state index is 5.65. The molecule has 2 unspecified atom stereocenters. The highest BCUT2D eigenvalue weighted by molar-refractivity contribution is 7.80. The third-order valence-corrected chi connectivity index (χ3v) is 2.46. The standard InChI is InChI=1S/C9H21NOS/c1-5-6-8(10-4)11-9(12)7(2)3/h7-10,12H,5-6H2,1-4H3. The lowest BCUT2D eigenvalue weighted by Gasteiger charge is -2.23. The zero-order chi connectivity index (χ0) is 9.56. The third-order valence-electron chi connectivity index (χ3n) is 1.75. The first-order valence-corrected chi connectivity index (χ1v) is 5.14. The second-order valence-electron chi connectivity index (χ2n) is 3.34. The first kappa shape index (κ1) is 12.3. The maximum absolute atomic E-state index is 5.65. The fourth-order valence-corrected chi connectivity index (χ4v) is 1.01. The Kier molecular flexibility index (Phi) is 6.90. The van der Waals surface area contributed by atoms with E-state index in [1.165, 1.54) is 0 Å². The third kappa shape index (κ3) is 5.01. The molecule has 0 aromatic rings. The van der Waals surface area contributed by atoms with Crippen molar-refractivity contribution in [3.8, 4) is 0 Å². The molecule has 2 nitrogen and oxygen atoms in total.